The Balaban J connectivity index is 1.72. The summed E-state index contributed by atoms with van der Waals surface area (Å²) in [6.07, 6.45) is 1.58. The molecule has 0 unspecified atom stereocenters. The molecule has 1 heterocycles. The predicted molar refractivity (Wildman–Crippen MR) is 100 cm³/mol. The lowest BCUT2D eigenvalue weighted by molar-refractivity contribution is 0.0956. The molecule has 0 aliphatic heterocycles. The van der Waals surface area contributed by atoms with E-state index in [1.54, 1.807) is 54.7 Å². The Kier molecular flexibility index (Phi) is 5.33. The zero-order chi connectivity index (χ0) is 17.5. The molecular formula is C19H15N3O2S. The van der Waals surface area contributed by atoms with E-state index in [0.29, 0.717) is 16.8 Å². The Morgan fingerprint density at radius 3 is 2.40 bits per heavy atom. The summed E-state index contributed by atoms with van der Waals surface area (Å²) in [4.78, 5) is 25.6. The normalized spacial score (nSPS) is 10.6. The first-order valence-electron chi connectivity index (χ1n) is 7.56. The van der Waals surface area contributed by atoms with Gasteiger partial charge >= 0.3 is 0 Å². The molecule has 0 fully saturated rings. The van der Waals surface area contributed by atoms with E-state index in [2.05, 4.69) is 15.8 Å². The molecule has 0 atom stereocenters. The average Bonchev–Trinajstić information content (AvgIpc) is 3.16. The largest absolute Gasteiger partial charge is 0.321 e. The number of amides is 2. The maximum atomic E-state index is 12.3. The van der Waals surface area contributed by atoms with Crippen LogP contribution < -0.4 is 10.7 Å². The number of nitrogens with one attached hydrogen (secondary N) is 2. The molecular weight excluding hydrogens is 334 g/mol. The summed E-state index contributed by atoms with van der Waals surface area (Å²) in [7, 11) is 0. The Hall–Kier alpha value is -3.25. The van der Waals surface area contributed by atoms with Crippen molar-refractivity contribution in [2.75, 3.05) is 5.32 Å². The summed E-state index contributed by atoms with van der Waals surface area (Å²) in [5.74, 6) is -0.667. The van der Waals surface area contributed by atoms with Gasteiger partial charge in [0.15, 0.2) is 0 Å². The van der Waals surface area contributed by atoms with Crippen molar-refractivity contribution in [1.29, 1.82) is 0 Å². The fourth-order valence-electron chi connectivity index (χ4n) is 2.15. The van der Waals surface area contributed by atoms with Crippen molar-refractivity contribution in [3.63, 3.8) is 0 Å². The quantitative estimate of drug-likeness (QED) is 0.544. The van der Waals surface area contributed by atoms with Gasteiger partial charge in [-0.25, -0.2) is 5.43 Å². The van der Waals surface area contributed by atoms with Crippen molar-refractivity contribution in [1.82, 2.24) is 5.43 Å². The second-order valence-corrected chi connectivity index (χ2v) is 6.06. The minimum absolute atomic E-state index is 0.275. The van der Waals surface area contributed by atoms with Crippen LogP contribution in [-0.2, 0) is 0 Å². The average molecular weight is 349 g/mol. The number of carbonyl (C=O) groups is 2. The van der Waals surface area contributed by atoms with Crippen LogP contribution in [0.2, 0.25) is 0 Å². The smallest absolute Gasteiger partial charge is 0.273 e. The third-order valence-corrected chi connectivity index (χ3v) is 4.16. The summed E-state index contributed by atoms with van der Waals surface area (Å²) in [6.45, 7) is 0. The summed E-state index contributed by atoms with van der Waals surface area (Å²) < 4.78 is 0. The van der Waals surface area contributed by atoms with E-state index in [0.717, 1.165) is 4.88 Å². The number of benzene rings is 2. The van der Waals surface area contributed by atoms with Crippen LogP contribution in [0.1, 0.15) is 25.6 Å². The maximum Gasteiger partial charge on any atom is 0.273 e. The van der Waals surface area contributed by atoms with E-state index in [4.69, 9.17) is 0 Å². The zero-order valence-corrected chi connectivity index (χ0v) is 14.0. The molecule has 3 aromatic rings. The van der Waals surface area contributed by atoms with Gasteiger partial charge in [0.05, 0.1) is 17.5 Å². The number of para-hydroxylation sites is 1. The number of thiophene rings is 1. The summed E-state index contributed by atoms with van der Waals surface area (Å²) in [5.41, 5.74) is 3.77. The Labute approximate surface area is 149 Å². The molecule has 0 saturated carbocycles. The van der Waals surface area contributed by atoms with E-state index in [-0.39, 0.29) is 5.91 Å². The first-order valence-corrected chi connectivity index (χ1v) is 8.44. The summed E-state index contributed by atoms with van der Waals surface area (Å²) in [5, 5.41) is 8.63. The van der Waals surface area contributed by atoms with Crippen LogP contribution in [-0.4, -0.2) is 18.0 Å². The van der Waals surface area contributed by atoms with Gasteiger partial charge < -0.3 is 5.32 Å². The lowest BCUT2D eigenvalue weighted by Gasteiger charge is -2.10. The molecule has 2 N–H and O–H groups in total. The number of rotatable bonds is 5. The van der Waals surface area contributed by atoms with E-state index in [1.807, 2.05) is 23.6 Å². The Bertz CT molecular complexity index is 890. The molecule has 25 heavy (non-hydrogen) atoms. The third-order valence-electron chi connectivity index (χ3n) is 3.36. The third kappa shape index (κ3) is 4.39. The van der Waals surface area contributed by atoms with Crippen molar-refractivity contribution in [2.24, 2.45) is 5.10 Å². The zero-order valence-electron chi connectivity index (χ0n) is 13.2. The minimum atomic E-state index is -0.392. The van der Waals surface area contributed by atoms with Gasteiger partial charge in [-0.2, -0.15) is 5.10 Å². The first kappa shape index (κ1) is 16.6. The topological polar surface area (TPSA) is 70.6 Å². The number of carbonyl (C=O) groups excluding carboxylic acids is 2. The first-order chi connectivity index (χ1) is 12.2. The molecule has 0 bridgehead atoms. The molecule has 0 aliphatic carbocycles. The van der Waals surface area contributed by atoms with Crippen LogP contribution in [0.15, 0.2) is 77.2 Å². The molecule has 0 saturated heterocycles. The van der Waals surface area contributed by atoms with E-state index < -0.39 is 5.91 Å². The molecule has 6 heteroatoms. The number of hydrogen-bond acceptors (Lipinski definition) is 4. The SMILES string of the molecule is O=C(Nc1ccccc1C(=O)N/N=C/c1cccs1)c1ccccc1. The van der Waals surface area contributed by atoms with Crippen LogP contribution in [0.3, 0.4) is 0 Å². The van der Waals surface area contributed by atoms with Crippen LogP contribution >= 0.6 is 11.3 Å². The highest BCUT2D eigenvalue weighted by atomic mass is 32.1. The van der Waals surface area contributed by atoms with E-state index >= 15 is 0 Å². The number of nitrogens with zero attached hydrogens (tertiary/aromatic N) is 1. The highest BCUT2D eigenvalue weighted by Crippen LogP contribution is 2.16. The van der Waals surface area contributed by atoms with Gasteiger partial charge in [0.25, 0.3) is 11.8 Å². The fourth-order valence-corrected chi connectivity index (χ4v) is 2.74. The summed E-state index contributed by atoms with van der Waals surface area (Å²) >= 11 is 1.52. The van der Waals surface area contributed by atoms with Crippen molar-refractivity contribution < 1.29 is 9.59 Å². The van der Waals surface area contributed by atoms with Gasteiger partial charge in [0, 0.05) is 10.4 Å². The molecule has 0 spiro atoms. The van der Waals surface area contributed by atoms with Gasteiger partial charge in [0.1, 0.15) is 0 Å². The van der Waals surface area contributed by atoms with Crippen LogP contribution in [0.4, 0.5) is 5.69 Å². The molecule has 1 aromatic heterocycles. The molecule has 0 radical (unpaired) electrons. The van der Waals surface area contributed by atoms with Crippen LogP contribution in [0.5, 0.6) is 0 Å². The Morgan fingerprint density at radius 2 is 1.64 bits per heavy atom. The lowest BCUT2D eigenvalue weighted by Crippen LogP contribution is -2.21. The molecule has 0 aliphatic rings. The van der Waals surface area contributed by atoms with Gasteiger partial charge in [-0.15, -0.1) is 11.3 Å². The highest BCUT2D eigenvalue weighted by molar-refractivity contribution is 7.11. The molecule has 5 nitrogen and oxygen atoms in total. The molecule has 2 amide bonds. The second kappa shape index (κ2) is 8.03. The van der Waals surface area contributed by atoms with Crippen molar-refractivity contribution >= 4 is 35.1 Å². The van der Waals surface area contributed by atoms with Gasteiger partial charge in [-0.3, -0.25) is 9.59 Å². The lowest BCUT2D eigenvalue weighted by atomic mass is 10.1. The van der Waals surface area contributed by atoms with Gasteiger partial charge in [-0.05, 0) is 35.7 Å². The van der Waals surface area contributed by atoms with Crippen LogP contribution in [0, 0.1) is 0 Å². The predicted octanol–water partition coefficient (Wildman–Crippen LogP) is 3.76. The van der Waals surface area contributed by atoms with Gasteiger partial charge in [0.2, 0.25) is 0 Å². The minimum Gasteiger partial charge on any atom is -0.321 e. The van der Waals surface area contributed by atoms with Crippen molar-refractivity contribution in [3.05, 3.63) is 88.1 Å². The van der Waals surface area contributed by atoms with Crippen molar-refractivity contribution in [3.8, 4) is 0 Å². The number of anilines is 1. The Morgan fingerprint density at radius 1 is 0.880 bits per heavy atom. The highest BCUT2D eigenvalue weighted by Gasteiger charge is 2.13. The van der Waals surface area contributed by atoms with E-state index in [1.165, 1.54) is 11.3 Å². The molecule has 124 valence electrons. The monoisotopic (exact) mass is 349 g/mol. The number of hydrazone groups is 1. The van der Waals surface area contributed by atoms with E-state index in [9.17, 15) is 9.59 Å². The summed E-state index contributed by atoms with van der Waals surface area (Å²) in [6, 6.07) is 19.4. The van der Waals surface area contributed by atoms with Crippen LogP contribution in [0.25, 0.3) is 0 Å². The maximum absolute atomic E-state index is 12.3. The van der Waals surface area contributed by atoms with Gasteiger partial charge in [-0.1, -0.05) is 36.4 Å². The molecule has 3 rings (SSSR count). The van der Waals surface area contributed by atoms with Crippen molar-refractivity contribution in [2.45, 2.75) is 0 Å². The standard InChI is InChI=1S/C19H15N3O2S/c23-18(14-7-2-1-3-8-14)21-17-11-5-4-10-16(17)19(24)22-20-13-15-9-6-12-25-15/h1-13H,(H,21,23)(H,22,24)/b20-13+. The molecule has 2 aromatic carbocycles. The fraction of sp³-hybridized carbons (Fsp3) is 0. The second-order valence-electron chi connectivity index (χ2n) is 5.08. The number of hydrogen-bond donors (Lipinski definition) is 2.